The highest BCUT2D eigenvalue weighted by molar-refractivity contribution is 6.84. The molecule has 2 aliphatic heterocycles. The van der Waals surface area contributed by atoms with E-state index in [9.17, 15) is 14.0 Å². The van der Waals surface area contributed by atoms with Crippen LogP contribution in [0.4, 0.5) is 4.39 Å². The lowest BCUT2D eigenvalue weighted by Crippen LogP contribution is -2.49. The van der Waals surface area contributed by atoms with Crippen molar-refractivity contribution in [3.63, 3.8) is 0 Å². The van der Waals surface area contributed by atoms with E-state index in [0.717, 1.165) is 24.2 Å². The van der Waals surface area contributed by atoms with Gasteiger partial charge in [-0.3, -0.25) is 4.79 Å². The second-order valence-corrected chi connectivity index (χ2v) is 13.7. The van der Waals surface area contributed by atoms with Crippen molar-refractivity contribution in [3.05, 3.63) is 82.6 Å². The first-order chi connectivity index (χ1) is 17.2. The number of carbonyl (C=O) groups is 1. The van der Waals surface area contributed by atoms with Gasteiger partial charge in [0.05, 0.1) is 12.2 Å². The SMILES string of the molecule is C[Si](C)(O)c1cc(C#Cc2ccccc2F)oc1C(=O)N1CCC2(CC1)COc1ccc(CN)cc12. The normalized spacial score (nSPS) is 16.3. The van der Waals surface area contributed by atoms with Gasteiger partial charge >= 0.3 is 0 Å². The number of nitrogens with zero attached hydrogens (tertiary/aromatic N) is 1. The largest absolute Gasteiger partial charge is 0.492 e. The molecule has 8 heteroatoms. The van der Waals surface area contributed by atoms with Crippen LogP contribution in [0.15, 0.2) is 52.9 Å². The minimum Gasteiger partial charge on any atom is -0.492 e. The topological polar surface area (TPSA) is 88.9 Å². The maximum absolute atomic E-state index is 14.0. The number of fused-ring (bicyclic) bond motifs is 2. The summed E-state index contributed by atoms with van der Waals surface area (Å²) in [5, 5.41) is 0.493. The molecule has 0 radical (unpaired) electrons. The van der Waals surface area contributed by atoms with Crippen molar-refractivity contribution in [1.82, 2.24) is 4.90 Å². The maximum atomic E-state index is 14.0. The number of piperidine rings is 1. The number of likely N-dealkylation sites (tertiary alicyclic amines) is 1. The van der Waals surface area contributed by atoms with E-state index in [1.165, 1.54) is 11.6 Å². The molecule has 0 bridgehead atoms. The van der Waals surface area contributed by atoms with Crippen LogP contribution in [0.2, 0.25) is 13.1 Å². The summed E-state index contributed by atoms with van der Waals surface area (Å²) >= 11 is 0. The van der Waals surface area contributed by atoms with Crippen molar-refractivity contribution in [2.75, 3.05) is 19.7 Å². The second kappa shape index (κ2) is 9.25. The third-order valence-electron chi connectivity index (χ3n) is 7.14. The van der Waals surface area contributed by atoms with E-state index in [0.29, 0.717) is 31.4 Å². The van der Waals surface area contributed by atoms with E-state index in [4.69, 9.17) is 14.9 Å². The Bertz CT molecular complexity index is 1370. The van der Waals surface area contributed by atoms with Crippen molar-refractivity contribution in [2.24, 2.45) is 5.73 Å². The molecule has 1 aromatic heterocycles. The lowest BCUT2D eigenvalue weighted by atomic mass is 9.74. The minimum atomic E-state index is -2.91. The molecule has 0 saturated carbocycles. The van der Waals surface area contributed by atoms with Crippen molar-refractivity contribution < 1.29 is 23.1 Å². The fourth-order valence-corrected chi connectivity index (χ4v) is 6.19. The number of hydrogen-bond donors (Lipinski definition) is 2. The van der Waals surface area contributed by atoms with Crippen LogP contribution < -0.4 is 15.7 Å². The number of ether oxygens (including phenoxy) is 1. The molecule has 1 fully saturated rings. The fraction of sp³-hybridized carbons (Fsp3) is 0.321. The average Bonchev–Trinajstić information content (AvgIpc) is 3.46. The molecule has 3 N–H and O–H groups in total. The number of furan rings is 1. The first-order valence-electron chi connectivity index (χ1n) is 12.1. The Kier molecular flexibility index (Phi) is 6.25. The van der Waals surface area contributed by atoms with Crippen LogP contribution in [-0.2, 0) is 12.0 Å². The van der Waals surface area contributed by atoms with Crippen LogP contribution in [0.25, 0.3) is 0 Å². The summed E-state index contributed by atoms with van der Waals surface area (Å²) in [5.41, 5.74) is 8.19. The number of amides is 1. The highest BCUT2D eigenvalue weighted by Crippen LogP contribution is 2.46. The van der Waals surface area contributed by atoms with Gasteiger partial charge in [0.15, 0.2) is 11.5 Å². The van der Waals surface area contributed by atoms with E-state index in [-0.39, 0.29) is 28.4 Å². The van der Waals surface area contributed by atoms with Crippen molar-refractivity contribution in [1.29, 1.82) is 0 Å². The summed E-state index contributed by atoms with van der Waals surface area (Å²) in [4.78, 5) is 26.2. The van der Waals surface area contributed by atoms with Gasteiger partial charge in [-0.1, -0.05) is 30.2 Å². The Hall–Kier alpha value is -3.38. The van der Waals surface area contributed by atoms with Crippen molar-refractivity contribution >= 4 is 19.4 Å². The average molecular weight is 505 g/mol. The van der Waals surface area contributed by atoms with Gasteiger partial charge in [-0.15, -0.1) is 0 Å². The molecular weight excluding hydrogens is 475 g/mol. The zero-order chi connectivity index (χ0) is 25.5. The van der Waals surface area contributed by atoms with E-state index in [1.54, 1.807) is 42.3 Å². The third kappa shape index (κ3) is 4.46. The molecule has 6 nitrogen and oxygen atoms in total. The molecule has 0 atom stereocenters. The molecular formula is C28H29FN2O4Si. The summed E-state index contributed by atoms with van der Waals surface area (Å²) < 4.78 is 25.8. The number of carbonyl (C=O) groups excluding carboxylic acids is 1. The van der Waals surface area contributed by atoms with Crippen LogP contribution in [0.5, 0.6) is 5.75 Å². The number of benzene rings is 2. The third-order valence-corrected chi connectivity index (χ3v) is 8.83. The molecule has 2 aliphatic rings. The monoisotopic (exact) mass is 504 g/mol. The summed E-state index contributed by atoms with van der Waals surface area (Å²) in [6, 6.07) is 13.9. The van der Waals surface area contributed by atoms with Crippen molar-refractivity contribution in [3.8, 4) is 17.6 Å². The Balaban J connectivity index is 1.38. The highest BCUT2D eigenvalue weighted by Gasteiger charge is 2.45. The molecule has 186 valence electrons. The molecule has 0 unspecified atom stereocenters. The van der Waals surface area contributed by atoms with Crippen LogP contribution >= 0.6 is 0 Å². The fourth-order valence-electron chi connectivity index (χ4n) is 4.99. The molecule has 2 aromatic carbocycles. The number of hydrogen-bond acceptors (Lipinski definition) is 5. The molecule has 3 aromatic rings. The van der Waals surface area contributed by atoms with Gasteiger partial charge in [0.1, 0.15) is 11.6 Å². The molecule has 3 heterocycles. The van der Waals surface area contributed by atoms with Gasteiger partial charge in [-0.25, -0.2) is 4.39 Å². The maximum Gasteiger partial charge on any atom is 0.289 e. The summed E-state index contributed by atoms with van der Waals surface area (Å²) in [5.74, 6) is 6.13. The summed E-state index contributed by atoms with van der Waals surface area (Å²) in [6.45, 7) is 5.61. The Morgan fingerprint density at radius 3 is 2.61 bits per heavy atom. The van der Waals surface area contributed by atoms with E-state index >= 15 is 0 Å². The Labute approximate surface area is 211 Å². The first kappa shape index (κ1) is 24.3. The number of halogens is 1. The van der Waals surface area contributed by atoms with E-state index in [2.05, 4.69) is 17.9 Å². The van der Waals surface area contributed by atoms with Gasteiger partial charge in [-0.05, 0) is 61.7 Å². The highest BCUT2D eigenvalue weighted by atomic mass is 28.4. The molecule has 1 amide bonds. The quantitative estimate of drug-likeness (QED) is 0.422. The Morgan fingerprint density at radius 1 is 1.17 bits per heavy atom. The van der Waals surface area contributed by atoms with Crippen LogP contribution in [-0.4, -0.2) is 43.6 Å². The summed E-state index contributed by atoms with van der Waals surface area (Å²) in [6.07, 6.45) is 1.52. The smallest absolute Gasteiger partial charge is 0.289 e. The lowest BCUT2D eigenvalue weighted by molar-refractivity contribution is 0.0616. The van der Waals surface area contributed by atoms with Gasteiger partial charge in [0.2, 0.25) is 8.32 Å². The van der Waals surface area contributed by atoms with E-state index in [1.807, 2.05) is 12.1 Å². The summed E-state index contributed by atoms with van der Waals surface area (Å²) in [7, 11) is -2.91. The van der Waals surface area contributed by atoms with E-state index < -0.39 is 14.1 Å². The Morgan fingerprint density at radius 2 is 1.92 bits per heavy atom. The van der Waals surface area contributed by atoms with Gasteiger partial charge in [-0.2, -0.15) is 0 Å². The zero-order valence-corrected chi connectivity index (χ0v) is 21.4. The predicted octanol–water partition coefficient (Wildman–Crippen LogP) is 3.25. The van der Waals surface area contributed by atoms with Crippen LogP contribution in [0, 0.1) is 17.7 Å². The van der Waals surface area contributed by atoms with Crippen LogP contribution in [0.1, 0.15) is 45.8 Å². The molecule has 1 spiro atoms. The number of rotatable bonds is 3. The minimum absolute atomic E-state index is 0.122. The standard InChI is InChI=1S/C28H29FN2O4Si/c1-36(2,33)25-16-21(9-8-20-5-3-4-6-23(20)29)35-26(25)27(32)31-13-11-28(12-14-31)18-34-24-10-7-19(17-30)15-22(24)28/h3-7,10,15-16,33H,11-14,17-18,30H2,1-2H3. The first-order valence-corrected chi connectivity index (χ1v) is 15.0. The second-order valence-electron chi connectivity index (χ2n) is 10.0. The number of nitrogens with two attached hydrogens (primary N) is 1. The lowest BCUT2D eigenvalue weighted by Gasteiger charge is -2.38. The van der Waals surface area contributed by atoms with Gasteiger partial charge < -0.3 is 24.6 Å². The van der Waals surface area contributed by atoms with Crippen LogP contribution in [0.3, 0.4) is 0 Å². The molecule has 5 rings (SSSR count). The van der Waals surface area contributed by atoms with Gasteiger partial charge in [0, 0.05) is 35.8 Å². The van der Waals surface area contributed by atoms with Crippen molar-refractivity contribution in [2.45, 2.75) is 37.9 Å². The predicted molar refractivity (Wildman–Crippen MR) is 137 cm³/mol. The molecule has 1 saturated heterocycles. The van der Waals surface area contributed by atoms with Gasteiger partial charge in [0.25, 0.3) is 5.91 Å². The zero-order valence-electron chi connectivity index (χ0n) is 20.4. The molecule has 0 aliphatic carbocycles. The molecule has 36 heavy (non-hydrogen) atoms.